The Hall–Kier alpha value is 0.270. The van der Waals surface area contributed by atoms with Crippen LogP contribution in [0, 0.1) is 0 Å². The lowest BCUT2D eigenvalue weighted by Gasteiger charge is -2.00. The van der Waals surface area contributed by atoms with Crippen LogP contribution in [0.5, 0.6) is 0 Å². The molecule has 3 heteroatoms. The minimum absolute atomic E-state index is 0.640. The average Bonchev–Trinajstić information content (AvgIpc) is 1.97. The van der Waals surface area contributed by atoms with Crippen LogP contribution >= 0.6 is 11.8 Å². The van der Waals surface area contributed by atoms with Crippen molar-refractivity contribution in [3.8, 4) is 0 Å². The second-order valence-corrected chi connectivity index (χ2v) is 3.35. The molecule has 0 fully saturated rings. The van der Waals surface area contributed by atoms with Crippen molar-refractivity contribution in [3.63, 3.8) is 0 Å². The normalized spacial score (nSPS) is 10.2. The van der Waals surface area contributed by atoms with Crippen LogP contribution in [-0.2, 0) is 4.74 Å². The molecule has 2 N–H and O–H groups in total. The van der Waals surface area contributed by atoms with Gasteiger partial charge in [0, 0.05) is 13.2 Å². The monoisotopic (exact) mass is 163 g/mol. The number of hydrogen-bond acceptors (Lipinski definition) is 3. The highest BCUT2D eigenvalue weighted by molar-refractivity contribution is 7.99. The molecule has 0 aromatic heterocycles. The highest BCUT2D eigenvalue weighted by Gasteiger charge is 1.86. The van der Waals surface area contributed by atoms with E-state index >= 15 is 0 Å². The van der Waals surface area contributed by atoms with Crippen molar-refractivity contribution < 1.29 is 4.74 Å². The van der Waals surface area contributed by atoms with Gasteiger partial charge in [-0.05, 0) is 17.9 Å². The highest BCUT2D eigenvalue weighted by Crippen LogP contribution is 2.00. The van der Waals surface area contributed by atoms with Crippen molar-refractivity contribution >= 4 is 11.8 Å². The van der Waals surface area contributed by atoms with E-state index in [1.54, 1.807) is 0 Å². The summed E-state index contributed by atoms with van der Waals surface area (Å²) in [5.74, 6) is 2.41. The Morgan fingerprint density at radius 1 is 1.40 bits per heavy atom. The summed E-state index contributed by atoms with van der Waals surface area (Å²) in [6.07, 6.45) is 1.15. The summed E-state index contributed by atoms with van der Waals surface area (Å²) in [4.78, 5) is 0. The van der Waals surface area contributed by atoms with Crippen molar-refractivity contribution in [2.45, 2.75) is 13.3 Å². The van der Waals surface area contributed by atoms with Crippen LogP contribution in [0.4, 0.5) is 0 Å². The van der Waals surface area contributed by atoms with Gasteiger partial charge in [0.05, 0.1) is 6.61 Å². The number of thioether (sulfide) groups is 1. The third-order valence-corrected chi connectivity index (χ3v) is 2.03. The SMILES string of the molecule is CCSCCCOCCN. The molecule has 0 radical (unpaired) electrons. The van der Waals surface area contributed by atoms with Crippen molar-refractivity contribution in [1.82, 2.24) is 0 Å². The summed E-state index contributed by atoms with van der Waals surface area (Å²) in [7, 11) is 0. The number of nitrogens with two attached hydrogens (primary N) is 1. The molecular formula is C7H17NOS. The van der Waals surface area contributed by atoms with Crippen LogP contribution in [0.3, 0.4) is 0 Å². The Bertz CT molecular complexity index is 53.6. The molecule has 0 unspecified atom stereocenters. The summed E-state index contributed by atoms with van der Waals surface area (Å²) >= 11 is 1.95. The largest absolute Gasteiger partial charge is 0.380 e. The first kappa shape index (κ1) is 10.3. The zero-order chi connectivity index (χ0) is 7.66. The second-order valence-electron chi connectivity index (χ2n) is 1.95. The van der Waals surface area contributed by atoms with E-state index < -0.39 is 0 Å². The van der Waals surface area contributed by atoms with Gasteiger partial charge in [0.25, 0.3) is 0 Å². The van der Waals surface area contributed by atoms with Crippen LogP contribution in [-0.4, -0.2) is 31.3 Å². The van der Waals surface area contributed by atoms with Crippen molar-refractivity contribution in [3.05, 3.63) is 0 Å². The molecule has 0 atom stereocenters. The maximum Gasteiger partial charge on any atom is 0.0588 e. The lowest BCUT2D eigenvalue weighted by atomic mass is 10.5. The molecule has 0 saturated heterocycles. The average molecular weight is 163 g/mol. The number of rotatable bonds is 7. The van der Waals surface area contributed by atoms with E-state index in [0.29, 0.717) is 13.2 Å². The Morgan fingerprint density at radius 3 is 2.80 bits per heavy atom. The van der Waals surface area contributed by atoms with Crippen LogP contribution in [0.2, 0.25) is 0 Å². The first-order chi connectivity index (χ1) is 4.91. The van der Waals surface area contributed by atoms with Gasteiger partial charge < -0.3 is 10.5 Å². The zero-order valence-electron chi connectivity index (χ0n) is 6.64. The number of ether oxygens (including phenoxy) is 1. The predicted molar refractivity (Wildman–Crippen MR) is 47.5 cm³/mol. The summed E-state index contributed by atoms with van der Waals surface area (Å²) < 4.78 is 5.19. The molecule has 10 heavy (non-hydrogen) atoms. The van der Waals surface area contributed by atoms with Gasteiger partial charge in [-0.3, -0.25) is 0 Å². The molecule has 2 nitrogen and oxygen atoms in total. The third kappa shape index (κ3) is 8.27. The van der Waals surface area contributed by atoms with Gasteiger partial charge in [0.1, 0.15) is 0 Å². The summed E-state index contributed by atoms with van der Waals surface area (Å²) in [6, 6.07) is 0. The minimum Gasteiger partial charge on any atom is -0.380 e. The Balaban J connectivity index is 2.65. The van der Waals surface area contributed by atoms with Gasteiger partial charge in [-0.25, -0.2) is 0 Å². The van der Waals surface area contributed by atoms with Gasteiger partial charge in [0.15, 0.2) is 0 Å². The van der Waals surface area contributed by atoms with E-state index in [1.807, 2.05) is 11.8 Å². The zero-order valence-corrected chi connectivity index (χ0v) is 7.45. The van der Waals surface area contributed by atoms with Gasteiger partial charge in [-0.15, -0.1) is 0 Å². The summed E-state index contributed by atoms with van der Waals surface area (Å²) in [5.41, 5.74) is 5.24. The number of hydrogen-bond donors (Lipinski definition) is 1. The molecule has 0 saturated carbocycles. The van der Waals surface area contributed by atoms with E-state index in [4.69, 9.17) is 10.5 Å². The molecule has 0 bridgehead atoms. The quantitative estimate of drug-likeness (QED) is 0.571. The smallest absolute Gasteiger partial charge is 0.0588 e. The molecule has 0 rings (SSSR count). The van der Waals surface area contributed by atoms with Crippen molar-refractivity contribution in [1.29, 1.82) is 0 Å². The molecule has 0 heterocycles. The topological polar surface area (TPSA) is 35.2 Å². The molecule has 0 amide bonds. The van der Waals surface area contributed by atoms with Crippen LogP contribution in [0.25, 0.3) is 0 Å². The van der Waals surface area contributed by atoms with E-state index in [1.165, 1.54) is 11.5 Å². The predicted octanol–water partition coefficient (Wildman–Crippen LogP) is 1.10. The van der Waals surface area contributed by atoms with Gasteiger partial charge >= 0.3 is 0 Å². The van der Waals surface area contributed by atoms with Crippen LogP contribution in [0.1, 0.15) is 13.3 Å². The van der Waals surface area contributed by atoms with Gasteiger partial charge in [-0.1, -0.05) is 6.92 Å². The molecule has 0 aliphatic rings. The molecule has 0 aliphatic heterocycles. The highest BCUT2D eigenvalue weighted by atomic mass is 32.2. The summed E-state index contributed by atoms with van der Waals surface area (Å²) in [5, 5.41) is 0. The fraction of sp³-hybridized carbons (Fsp3) is 1.00. The van der Waals surface area contributed by atoms with Crippen molar-refractivity contribution in [2.24, 2.45) is 5.73 Å². The standard InChI is InChI=1S/C7H17NOS/c1-2-10-7-3-5-9-6-4-8/h2-8H2,1H3. The molecule has 0 aliphatic carbocycles. The fourth-order valence-electron chi connectivity index (χ4n) is 0.593. The fourth-order valence-corrected chi connectivity index (χ4v) is 1.20. The molecule has 62 valence electrons. The Morgan fingerprint density at radius 2 is 2.20 bits per heavy atom. The van der Waals surface area contributed by atoms with Crippen LogP contribution in [0.15, 0.2) is 0 Å². The molecule has 0 aromatic rings. The van der Waals surface area contributed by atoms with E-state index in [0.717, 1.165) is 13.0 Å². The minimum atomic E-state index is 0.640. The van der Waals surface area contributed by atoms with Gasteiger partial charge in [0.2, 0.25) is 0 Å². The Kier molecular flexibility index (Phi) is 9.52. The Labute approximate surface area is 67.5 Å². The molecular weight excluding hydrogens is 146 g/mol. The summed E-state index contributed by atoms with van der Waals surface area (Å²) in [6.45, 7) is 4.38. The maximum atomic E-state index is 5.24. The first-order valence-corrected chi connectivity index (χ1v) is 4.92. The first-order valence-electron chi connectivity index (χ1n) is 3.77. The second kappa shape index (κ2) is 9.27. The maximum absolute atomic E-state index is 5.24. The lowest BCUT2D eigenvalue weighted by molar-refractivity contribution is 0.143. The van der Waals surface area contributed by atoms with E-state index in [2.05, 4.69) is 6.92 Å². The van der Waals surface area contributed by atoms with E-state index in [9.17, 15) is 0 Å². The van der Waals surface area contributed by atoms with Crippen molar-refractivity contribution in [2.75, 3.05) is 31.3 Å². The van der Waals surface area contributed by atoms with Gasteiger partial charge in [-0.2, -0.15) is 11.8 Å². The van der Waals surface area contributed by atoms with Crippen LogP contribution < -0.4 is 5.73 Å². The lowest BCUT2D eigenvalue weighted by Crippen LogP contribution is -2.09. The molecule has 0 aromatic carbocycles. The third-order valence-electron chi connectivity index (χ3n) is 1.04. The van der Waals surface area contributed by atoms with E-state index in [-0.39, 0.29) is 0 Å². The molecule has 0 spiro atoms.